The van der Waals surface area contributed by atoms with Crippen molar-refractivity contribution in [1.29, 1.82) is 0 Å². The molecule has 1 aromatic carbocycles. The summed E-state index contributed by atoms with van der Waals surface area (Å²) in [5.74, 6) is 0.879. The first-order chi connectivity index (χ1) is 10.0. The van der Waals surface area contributed by atoms with Gasteiger partial charge in [-0.1, -0.05) is 26.0 Å². The van der Waals surface area contributed by atoms with Crippen LogP contribution in [0.15, 0.2) is 29.2 Å². The normalized spacial score (nSPS) is 10.9. The lowest BCUT2D eigenvalue weighted by Gasteiger charge is -2.24. The van der Waals surface area contributed by atoms with Crippen LogP contribution in [-0.2, 0) is 9.53 Å². The van der Waals surface area contributed by atoms with E-state index in [1.807, 2.05) is 4.90 Å². The third-order valence-electron chi connectivity index (χ3n) is 2.91. The Balaban J connectivity index is 2.44. The largest absolute Gasteiger partial charge is 0.383 e. The smallest absolute Gasteiger partial charge is 0.223 e. The molecule has 0 atom stereocenters. The van der Waals surface area contributed by atoms with Gasteiger partial charge in [0.25, 0.3) is 0 Å². The second-order valence-electron chi connectivity index (χ2n) is 5.26. The monoisotopic (exact) mass is 313 g/mol. The minimum atomic E-state index is -0.228. The minimum absolute atomic E-state index is 0.101. The van der Waals surface area contributed by atoms with Gasteiger partial charge in [-0.15, -0.1) is 11.8 Å². The second kappa shape index (κ2) is 9.79. The Bertz CT molecular complexity index is 440. The Kier molecular flexibility index (Phi) is 8.38. The van der Waals surface area contributed by atoms with Gasteiger partial charge in [0.2, 0.25) is 5.91 Å². The van der Waals surface area contributed by atoms with Crippen molar-refractivity contribution in [3.05, 3.63) is 30.1 Å². The van der Waals surface area contributed by atoms with Crippen molar-refractivity contribution in [2.75, 3.05) is 32.6 Å². The summed E-state index contributed by atoms with van der Waals surface area (Å²) in [4.78, 5) is 14.6. The fourth-order valence-corrected chi connectivity index (χ4v) is 2.81. The van der Waals surface area contributed by atoms with Crippen LogP contribution in [0.4, 0.5) is 4.39 Å². The zero-order chi connectivity index (χ0) is 15.7. The zero-order valence-electron chi connectivity index (χ0n) is 13.0. The molecule has 0 aromatic heterocycles. The van der Waals surface area contributed by atoms with Gasteiger partial charge in [-0.25, -0.2) is 4.39 Å². The maximum Gasteiger partial charge on any atom is 0.223 e. The highest BCUT2D eigenvalue weighted by Crippen LogP contribution is 2.22. The predicted molar refractivity (Wildman–Crippen MR) is 85.0 cm³/mol. The quantitative estimate of drug-likeness (QED) is 0.654. The number of nitrogens with zero attached hydrogens (tertiary/aromatic N) is 1. The number of benzene rings is 1. The summed E-state index contributed by atoms with van der Waals surface area (Å²) in [6.07, 6.45) is 0.412. The second-order valence-corrected chi connectivity index (χ2v) is 6.39. The van der Waals surface area contributed by atoms with Gasteiger partial charge < -0.3 is 9.64 Å². The molecule has 3 nitrogen and oxygen atoms in total. The van der Waals surface area contributed by atoms with E-state index in [0.717, 1.165) is 6.54 Å². The molecule has 1 aromatic rings. The van der Waals surface area contributed by atoms with Crippen LogP contribution in [0.25, 0.3) is 0 Å². The number of hydrogen-bond donors (Lipinski definition) is 0. The molecular formula is C16H24FNO2S. The van der Waals surface area contributed by atoms with E-state index in [1.54, 1.807) is 25.3 Å². The summed E-state index contributed by atoms with van der Waals surface area (Å²) in [5.41, 5.74) is 0. The van der Waals surface area contributed by atoms with Crippen LogP contribution in [0.5, 0.6) is 0 Å². The average Bonchev–Trinajstić information content (AvgIpc) is 2.45. The van der Waals surface area contributed by atoms with Gasteiger partial charge in [0.1, 0.15) is 5.82 Å². The summed E-state index contributed by atoms with van der Waals surface area (Å²) in [5, 5.41) is 0. The Morgan fingerprint density at radius 3 is 2.71 bits per heavy atom. The summed E-state index contributed by atoms with van der Waals surface area (Å²) in [6.45, 7) is 6.05. The summed E-state index contributed by atoms with van der Waals surface area (Å²) >= 11 is 1.38. The molecule has 0 aliphatic carbocycles. The molecule has 0 saturated heterocycles. The van der Waals surface area contributed by atoms with E-state index >= 15 is 0 Å². The molecule has 0 aliphatic heterocycles. The van der Waals surface area contributed by atoms with E-state index in [9.17, 15) is 9.18 Å². The van der Waals surface area contributed by atoms with E-state index in [2.05, 4.69) is 13.8 Å². The summed E-state index contributed by atoms with van der Waals surface area (Å²) < 4.78 is 18.5. The zero-order valence-corrected chi connectivity index (χ0v) is 13.8. The molecular weight excluding hydrogens is 289 g/mol. The first kappa shape index (κ1) is 18.0. The summed E-state index contributed by atoms with van der Waals surface area (Å²) in [7, 11) is 1.63. The fraction of sp³-hybridized carbons (Fsp3) is 0.562. The SMILES string of the molecule is COCCN(CC(C)C)C(=O)CCSc1ccccc1F. The number of methoxy groups -OCH3 is 1. The lowest BCUT2D eigenvalue weighted by molar-refractivity contribution is -0.131. The number of amides is 1. The maximum atomic E-state index is 13.5. The molecule has 0 radical (unpaired) electrons. The van der Waals surface area contributed by atoms with Gasteiger partial charge in [-0.3, -0.25) is 4.79 Å². The van der Waals surface area contributed by atoms with Crippen molar-refractivity contribution >= 4 is 17.7 Å². The van der Waals surface area contributed by atoms with Crippen LogP contribution in [0, 0.1) is 11.7 Å². The molecule has 0 spiro atoms. The lowest BCUT2D eigenvalue weighted by Crippen LogP contribution is -2.36. The van der Waals surface area contributed by atoms with Gasteiger partial charge >= 0.3 is 0 Å². The first-order valence-electron chi connectivity index (χ1n) is 7.18. The highest BCUT2D eigenvalue weighted by Gasteiger charge is 2.14. The van der Waals surface area contributed by atoms with E-state index in [0.29, 0.717) is 36.1 Å². The molecule has 1 rings (SSSR count). The van der Waals surface area contributed by atoms with Gasteiger partial charge in [0.15, 0.2) is 0 Å². The first-order valence-corrected chi connectivity index (χ1v) is 8.17. The molecule has 0 N–H and O–H groups in total. The third-order valence-corrected chi connectivity index (χ3v) is 3.96. The van der Waals surface area contributed by atoms with Crippen LogP contribution in [0.2, 0.25) is 0 Å². The van der Waals surface area contributed by atoms with Crippen LogP contribution in [0.3, 0.4) is 0 Å². The molecule has 1 amide bonds. The summed E-state index contributed by atoms with van der Waals surface area (Å²) in [6, 6.07) is 6.64. The van der Waals surface area contributed by atoms with E-state index in [-0.39, 0.29) is 11.7 Å². The molecule has 0 heterocycles. The predicted octanol–water partition coefficient (Wildman–Crippen LogP) is 3.44. The lowest BCUT2D eigenvalue weighted by atomic mass is 10.2. The number of ether oxygens (including phenoxy) is 1. The van der Waals surface area contributed by atoms with Crippen LogP contribution < -0.4 is 0 Å². The van der Waals surface area contributed by atoms with Crippen LogP contribution in [0.1, 0.15) is 20.3 Å². The third kappa shape index (κ3) is 6.96. The van der Waals surface area contributed by atoms with Crippen LogP contribution >= 0.6 is 11.8 Å². The van der Waals surface area contributed by atoms with Crippen molar-refractivity contribution in [3.8, 4) is 0 Å². The van der Waals surface area contributed by atoms with Crippen molar-refractivity contribution in [1.82, 2.24) is 4.90 Å². The molecule has 0 bridgehead atoms. The van der Waals surface area contributed by atoms with E-state index in [1.165, 1.54) is 17.8 Å². The highest BCUT2D eigenvalue weighted by molar-refractivity contribution is 7.99. The Hall–Kier alpha value is -1.07. The van der Waals surface area contributed by atoms with Crippen molar-refractivity contribution in [2.24, 2.45) is 5.92 Å². The number of hydrogen-bond acceptors (Lipinski definition) is 3. The molecule has 0 fully saturated rings. The molecule has 0 saturated carbocycles. The number of carbonyl (C=O) groups is 1. The topological polar surface area (TPSA) is 29.5 Å². The number of rotatable bonds is 9. The van der Waals surface area contributed by atoms with Gasteiger partial charge in [-0.2, -0.15) is 0 Å². The van der Waals surface area contributed by atoms with Crippen LogP contribution in [-0.4, -0.2) is 43.4 Å². The molecule has 21 heavy (non-hydrogen) atoms. The molecule has 118 valence electrons. The Morgan fingerprint density at radius 1 is 1.38 bits per heavy atom. The molecule has 0 aliphatic rings. The van der Waals surface area contributed by atoms with Crippen molar-refractivity contribution in [2.45, 2.75) is 25.2 Å². The number of thioether (sulfide) groups is 1. The molecule has 0 unspecified atom stereocenters. The Morgan fingerprint density at radius 2 is 2.10 bits per heavy atom. The number of halogens is 1. The Labute approximate surface area is 130 Å². The average molecular weight is 313 g/mol. The van der Waals surface area contributed by atoms with E-state index in [4.69, 9.17) is 4.74 Å². The van der Waals surface area contributed by atoms with Crippen molar-refractivity contribution in [3.63, 3.8) is 0 Å². The fourth-order valence-electron chi connectivity index (χ4n) is 1.93. The number of carbonyl (C=O) groups excluding carboxylic acids is 1. The maximum absolute atomic E-state index is 13.5. The van der Waals surface area contributed by atoms with Gasteiger partial charge in [-0.05, 0) is 18.1 Å². The van der Waals surface area contributed by atoms with Gasteiger partial charge in [0, 0.05) is 37.3 Å². The minimum Gasteiger partial charge on any atom is -0.383 e. The highest BCUT2D eigenvalue weighted by atomic mass is 32.2. The van der Waals surface area contributed by atoms with E-state index < -0.39 is 0 Å². The standard InChI is InChI=1S/C16H24FNO2S/c1-13(2)12-18(9-10-20-3)16(19)8-11-21-15-7-5-4-6-14(15)17/h4-7,13H,8-12H2,1-3H3. The van der Waals surface area contributed by atoms with Crippen molar-refractivity contribution < 1.29 is 13.9 Å². The molecule has 5 heteroatoms. The van der Waals surface area contributed by atoms with Gasteiger partial charge in [0.05, 0.1) is 6.61 Å².